The topological polar surface area (TPSA) is 92.8 Å². The summed E-state index contributed by atoms with van der Waals surface area (Å²) in [5, 5.41) is 3.08. The summed E-state index contributed by atoms with van der Waals surface area (Å²) in [6.07, 6.45) is 2.76. The molecule has 1 aliphatic rings. The molecule has 188 valence electrons. The predicted molar refractivity (Wildman–Crippen MR) is 139 cm³/mol. The number of nitrogens with zero attached hydrogens (tertiary/aromatic N) is 1. The van der Waals surface area contributed by atoms with E-state index in [4.69, 9.17) is 16.3 Å². The molecule has 4 rings (SSSR count). The minimum atomic E-state index is -3.56. The van der Waals surface area contributed by atoms with Crippen LogP contribution in [0.5, 0.6) is 5.75 Å². The Labute approximate surface area is 216 Å². The molecule has 0 aliphatic carbocycles. The zero-order valence-corrected chi connectivity index (χ0v) is 21.4. The van der Waals surface area contributed by atoms with Gasteiger partial charge in [-0.25, -0.2) is 8.42 Å². The van der Waals surface area contributed by atoms with Gasteiger partial charge in [0.1, 0.15) is 5.75 Å². The number of sulfonamides is 1. The quantitative estimate of drug-likeness (QED) is 0.414. The lowest BCUT2D eigenvalue weighted by atomic mass is 10.0. The number of anilines is 1. The number of ether oxygens (including phenoxy) is 1. The lowest BCUT2D eigenvalue weighted by Gasteiger charge is -2.26. The lowest BCUT2D eigenvalue weighted by Crippen LogP contribution is -2.35. The number of carbonyl (C=O) groups is 2. The molecule has 36 heavy (non-hydrogen) atoms. The van der Waals surface area contributed by atoms with Crippen LogP contribution in [-0.2, 0) is 14.8 Å². The van der Waals surface area contributed by atoms with Crippen LogP contribution in [0, 0.1) is 6.92 Å². The Kier molecular flexibility index (Phi) is 8.08. The Morgan fingerprint density at radius 1 is 0.972 bits per heavy atom. The summed E-state index contributed by atoms with van der Waals surface area (Å²) < 4.78 is 33.0. The van der Waals surface area contributed by atoms with E-state index in [2.05, 4.69) is 5.32 Å². The largest absolute Gasteiger partial charge is 0.483 e. The van der Waals surface area contributed by atoms with Gasteiger partial charge in [-0.2, -0.15) is 4.31 Å². The highest BCUT2D eigenvalue weighted by Gasteiger charge is 2.26. The van der Waals surface area contributed by atoms with E-state index in [9.17, 15) is 18.0 Å². The molecule has 0 spiro atoms. The first-order valence-electron chi connectivity index (χ1n) is 11.7. The number of piperidine rings is 1. The standard InChI is InChI=1S/C27H27ClN2O5S/c1-19-16-22(36(33,34)30-14-6-3-7-15-30)11-13-25(19)35-18-26(31)29-24-12-10-21(28)17-23(24)27(32)20-8-4-2-5-9-20/h2,4-5,8-13,16-17H,3,6-7,14-15,18H2,1H3,(H,29,31). The molecule has 1 fully saturated rings. The smallest absolute Gasteiger partial charge is 0.262 e. The van der Waals surface area contributed by atoms with Crippen molar-refractivity contribution in [3.05, 3.63) is 88.4 Å². The number of hydrogen-bond acceptors (Lipinski definition) is 5. The first-order valence-corrected chi connectivity index (χ1v) is 13.5. The Morgan fingerprint density at radius 2 is 1.69 bits per heavy atom. The fourth-order valence-corrected chi connectivity index (χ4v) is 5.86. The van der Waals surface area contributed by atoms with E-state index in [0.717, 1.165) is 19.3 Å². The van der Waals surface area contributed by atoms with Crippen LogP contribution < -0.4 is 10.1 Å². The third-order valence-electron chi connectivity index (χ3n) is 5.99. The van der Waals surface area contributed by atoms with Gasteiger partial charge in [0, 0.05) is 29.2 Å². The molecule has 0 radical (unpaired) electrons. The normalized spacial score (nSPS) is 14.3. The van der Waals surface area contributed by atoms with Crippen LogP contribution >= 0.6 is 11.6 Å². The number of carbonyl (C=O) groups excluding carboxylic acids is 2. The van der Waals surface area contributed by atoms with Gasteiger partial charge < -0.3 is 10.1 Å². The second-order valence-corrected chi connectivity index (χ2v) is 11.0. The summed E-state index contributed by atoms with van der Waals surface area (Å²) >= 11 is 6.10. The summed E-state index contributed by atoms with van der Waals surface area (Å²) in [6, 6.07) is 18.0. The van der Waals surface area contributed by atoms with Crippen molar-refractivity contribution in [2.24, 2.45) is 0 Å². The summed E-state index contributed by atoms with van der Waals surface area (Å²) in [7, 11) is -3.56. The first kappa shape index (κ1) is 25.9. The molecule has 7 nitrogen and oxygen atoms in total. The molecular formula is C27H27ClN2O5S. The minimum Gasteiger partial charge on any atom is -0.483 e. The maximum atomic E-state index is 13.0. The third kappa shape index (κ3) is 5.95. The summed E-state index contributed by atoms with van der Waals surface area (Å²) in [6.45, 7) is 2.47. The molecule has 1 aliphatic heterocycles. The highest BCUT2D eigenvalue weighted by Crippen LogP contribution is 2.27. The number of halogens is 1. The SMILES string of the molecule is Cc1cc(S(=O)(=O)N2CCCCC2)ccc1OCC(=O)Nc1ccc(Cl)cc1C(=O)c1ccccc1. The highest BCUT2D eigenvalue weighted by atomic mass is 35.5. The average Bonchev–Trinajstić information content (AvgIpc) is 2.89. The number of ketones is 1. The minimum absolute atomic E-state index is 0.212. The van der Waals surface area contributed by atoms with Crippen molar-refractivity contribution < 1.29 is 22.7 Å². The molecule has 0 bridgehead atoms. The second kappa shape index (κ2) is 11.2. The van der Waals surface area contributed by atoms with Gasteiger partial charge in [-0.15, -0.1) is 0 Å². The maximum Gasteiger partial charge on any atom is 0.262 e. The molecule has 3 aromatic rings. The van der Waals surface area contributed by atoms with E-state index in [1.165, 1.54) is 16.4 Å². The van der Waals surface area contributed by atoms with Crippen molar-refractivity contribution >= 4 is 39.0 Å². The maximum absolute atomic E-state index is 13.0. The van der Waals surface area contributed by atoms with Gasteiger partial charge in [-0.05, 0) is 61.7 Å². The van der Waals surface area contributed by atoms with Gasteiger partial charge >= 0.3 is 0 Å². The van der Waals surface area contributed by atoms with Crippen LogP contribution in [0.4, 0.5) is 5.69 Å². The molecule has 0 saturated carbocycles. The van der Waals surface area contributed by atoms with E-state index in [1.807, 2.05) is 6.07 Å². The van der Waals surface area contributed by atoms with Crippen molar-refractivity contribution in [3.8, 4) is 5.75 Å². The van der Waals surface area contributed by atoms with Crippen molar-refractivity contribution in [1.29, 1.82) is 0 Å². The number of nitrogens with one attached hydrogen (secondary N) is 1. The number of hydrogen-bond donors (Lipinski definition) is 1. The van der Waals surface area contributed by atoms with Crippen LogP contribution in [0.25, 0.3) is 0 Å². The van der Waals surface area contributed by atoms with Crippen LogP contribution in [-0.4, -0.2) is 44.1 Å². The lowest BCUT2D eigenvalue weighted by molar-refractivity contribution is -0.118. The Balaban J connectivity index is 1.43. The van der Waals surface area contributed by atoms with E-state index < -0.39 is 15.9 Å². The summed E-state index contributed by atoms with van der Waals surface area (Å²) in [5.41, 5.74) is 1.67. The molecular weight excluding hydrogens is 500 g/mol. The zero-order valence-electron chi connectivity index (χ0n) is 19.9. The fourth-order valence-electron chi connectivity index (χ4n) is 4.09. The van der Waals surface area contributed by atoms with Crippen molar-refractivity contribution in [1.82, 2.24) is 4.31 Å². The Hall–Kier alpha value is -3.20. The van der Waals surface area contributed by atoms with Crippen LogP contribution in [0.15, 0.2) is 71.6 Å². The van der Waals surface area contributed by atoms with E-state index >= 15 is 0 Å². The predicted octanol–water partition coefficient (Wildman–Crippen LogP) is 5.07. The summed E-state index contributed by atoms with van der Waals surface area (Å²) in [5.74, 6) is -0.334. The number of amides is 1. The number of aryl methyl sites for hydroxylation is 1. The van der Waals surface area contributed by atoms with Gasteiger partial charge in [-0.1, -0.05) is 48.4 Å². The molecule has 1 heterocycles. The molecule has 1 saturated heterocycles. The van der Waals surface area contributed by atoms with Crippen LogP contribution in [0.2, 0.25) is 5.02 Å². The van der Waals surface area contributed by atoms with Gasteiger partial charge in [0.2, 0.25) is 10.0 Å². The van der Waals surface area contributed by atoms with Crippen LogP contribution in [0.1, 0.15) is 40.7 Å². The number of rotatable bonds is 8. The van der Waals surface area contributed by atoms with Crippen molar-refractivity contribution in [3.63, 3.8) is 0 Å². The highest BCUT2D eigenvalue weighted by molar-refractivity contribution is 7.89. The summed E-state index contributed by atoms with van der Waals surface area (Å²) in [4.78, 5) is 25.8. The van der Waals surface area contributed by atoms with E-state index in [-0.39, 0.29) is 22.8 Å². The van der Waals surface area contributed by atoms with E-state index in [1.54, 1.807) is 55.5 Å². The van der Waals surface area contributed by atoms with Gasteiger partial charge in [0.25, 0.3) is 5.91 Å². The molecule has 0 unspecified atom stereocenters. The van der Waals surface area contributed by atoms with Crippen LogP contribution in [0.3, 0.4) is 0 Å². The molecule has 0 atom stereocenters. The second-order valence-electron chi connectivity index (χ2n) is 8.61. The zero-order chi connectivity index (χ0) is 25.7. The van der Waals surface area contributed by atoms with Crippen molar-refractivity contribution in [2.45, 2.75) is 31.1 Å². The molecule has 1 amide bonds. The first-order chi connectivity index (χ1) is 17.3. The molecule has 9 heteroatoms. The van der Waals surface area contributed by atoms with Gasteiger partial charge in [0.15, 0.2) is 12.4 Å². The molecule has 0 aromatic heterocycles. The van der Waals surface area contributed by atoms with E-state index in [0.29, 0.717) is 40.7 Å². The monoisotopic (exact) mass is 526 g/mol. The number of benzene rings is 3. The fraction of sp³-hybridized carbons (Fsp3) is 0.259. The Bertz CT molecular complexity index is 1370. The molecule has 1 N–H and O–H groups in total. The molecule has 3 aromatic carbocycles. The van der Waals surface area contributed by atoms with Gasteiger partial charge in [0.05, 0.1) is 10.6 Å². The Morgan fingerprint density at radius 3 is 2.39 bits per heavy atom. The average molecular weight is 527 g/mol. The third-order valence-corrected chi connectivity index (χ3v) is 8.12. The van der Waals surface area contributed by atoms with Gasteiger partial charge in [-0.3, -0.25) is 9.59 Å². The van der Waals surface area contributed by atoms with Crippen molar-refractivity contribution in [2.75, 3.05) is 25.0 Å².